The number of aromatic nitrogens is 1. The van der Waals surface area contributed by atoms with Gasteiger partial charge in [-0.15, -0.1) is 0 Å². The molecular weight excluding hydrogens is 562 g/mol. The van der Waals surface area contributed by atoms with Crippen LogP contribution in [0.4, 0.5) is 11.4 Å². The zero-order valence-corrected chi connectivity index (χ0v) is 24.8. The maximum Gasteiger partial charge on any atom is 0.271 e. The van der Waals surface area contributed by atoms with Crippen LogP contribution in [-0.2, 0) is 9.84 Å². The van der Waals surface area contributed by atoms with Crippen molar-refractivity contribution in [2.45, 2.75) is 23.6 Å². The van der Waals surface area contributed by atoms with E-state index in [2.05, 4.69) is 10.3 Å². The number of hydrogen-bond acceptors (Lipinski definition) is 6. The molecule has 5 rings (SSSR count). The minimum atomic E-state index is -4.48. The number of anilines is 2. The molecule has 0 aliphatic carbocycles. The number of aryl methyl sites for hydroxylation is 1. The van der Waals surface area contributed by atoms with E-state index in [0.717, 1.165) is 5.56 Å². The quantitative estimate of drug-likeness (QED) is 0.201. The first-order valence-electron chi connectivity index (χ1n) is 13.7. The van der Waals surface area contributed by atoms with E-state index in [1.807, 2.05) is 62.4 Å². The first-order chi connectivity index (χ1) is 20.7. The van der Waals surface area contributed by atoms with Crippen molar-refractivity contribution in [1.82, 2.24) is 10.3 Å². The molecule has 1 amide bonds. The molecule has 0 radical (unpaired) electrons. The van der Waals surface area contributed by atoms with Crippen molar-refractivity contribution in [1.29, 1.82) is 0 Å². The van der Waals surface area contributed by atoms with Crippen molar-refractivity contribution in [2.24, 2.45) is 0 Å². The first-order valence-corrected chi connectivity index (χ1v) is 15.2. The number of nitrogens with zero attached hydrogens (tertiary/aromatic N) is 1. The van der Waals surface area contributed by atoms with Gasteiger partial charge in [0.15, 0.2) is 10.6 Å². The number of rotatable bonds is 8. The third-order valence-corrected chi connectivity index (χ3v) is 9.03. The zero-order chi connectivity index (χ0) is 30.7. The highest BCUT2D eigenvalue weighted by Crippen LogP contribution is 2.43. The molecule has 8 nitrogen and oxygen atoms in total. The number of pyridine rings is 1. The largest absolute Gasteiger partial charge is 0.504 e. The molecule has 218 valence electrons. The van der Waals surface area contributed by atoms with Crippen LogP contribution in [0.15, 0.2) is 118 Å². The summed E-state index contributed by atoms with van der Waals surface area (Å²) in [7, 11) is -2.95. The fourth-order valence-corrected chi connectivity index (χ4v) is 6.54. The summed E-state index contributed by atoms with van der Waals surface area (Å²) in [6.07, 6.45) is 0. The van der Waals surface area contributed by atoms with Gasteiger partial charge in [-0.25, -0.2) is 8.42 Å². The first kappa shape index (κ1) is 29.3. The van der Waals surface area contributed by atoms with E-state index in [9.17, 15) is 23.1 Å². The van der Waals surface area contributed by atoms with Crippen molar-refractivity contribution in [3.63, 3.8) is 0 Å². The smallest absolute Gasteiger partial charge is 0.271 e. The normalized spacial score (nSPS) is 11.2. The lowest BCUT2D eigenvalue weighted by molar-refractivity contribution is 0.0963. The average molecular weight is 594 g/mol. The molecule has 4 aromatic carbocycles. The molecule has 43 heavy (non-hydrogen) atoms. The molecule has 0 aliphatic rings. The van der Waals surface area contributed by atoms with Crippen LogP contribution in [0.1, 0.15) is 22.8 Å². The average Bonchev–Trinajstić information content (AvgIpc) is 3.02. The molecule has 0 bridgehead atoms. The van der Waals surface area contributed by atoms with Crippen molar-refractivity contribution < 1.29 is 18.3 Å². The monoisotopic (exact) mass is 593 g/mol. The van der Waals surface area contributed by atoms with Gasteiger partial charge in [0.05, 0.1) is 10.6 Å². The Kier molecular flexibility index (Phi) is 8.18. The topological polar surface area (TPSA) is 120 Å². The fraction of sp³-hybridized carbons (Fsp3) is 0.118. The van der Waals surface area contributed by atoms with E-state index in [4.69, 9.17) is 0 Å². The SMILES string of the molecule is CCN(c1ccccc1)c1c(-c2cccc(C)c2)[nH]c(=O)c(S(=O)(=O)c2ccc(-c3ccccc3C(=O)NC)cc2)c1O. The number of sulfone groups is 1. The molecule has 0 aliphatic heterocycles. The van der Waals surface area contributed by atoms with Crippen molar-refractivity contribution >= 4 is 27.1 Å². The maximum absolute atomic E-state index is 14.0. The molecular formula is C34H31N3O5S. The highest BCUT2D eigenvalue weighted by atomic mass is 32.2. The Hall–Kier alpha value is -5.15. The van der Waals surface area contributed by atoms with Gasteiger partial charge in [0, 0.05) is 30.4 Å². The van der Waals surface area contributed by atoms with E-state index in [1.54, 1.807) is 47.4 Å². The molecule has 0 spiro atoms. The predicted octanol–water partition coefficient (Wildman–Crippen LogP) is 6.07. The second-order valence-corrected chi connectivity index (χ2v) is 11.8. The zero-order valence-electron chi connectivity index (χ0n) is 24.0. The van der Waals surface area contributed by atoms with Crippen LogP contribution in [0.5, 0.6) is 5.75 Å². The summed E-state index contributed by atoms with van der Waals surface area (Å²) in [6.45, 7) is 4.16. The van der Waals surface area contributed by atoms with Gasteiger partial charge in [-0.05, 0) is 61.4 Å². The molecule has 0 saturated heterocycles. The summed E-state index contributed by atoms with van der Waals surface area (Å²) in [5.41, 5.74) is 3.49. The minimum Gasteiger partial charge on any atom is -0.504 e. The van der Waals surface area contributed by atoms with Gasteiger partial charge in [0.25, 0.3) is 11.5 Å². The van der Waals surface area contributed by atoms with Crippen LogP contribution in [0.25, 0.3) is 22.4 Å². The van der Waals surface area contributed by atoms with Crippen molar-refractivity contribution in [3.8, 4) is 28.1 Å². The number of carbonyl (C=O) groups excluding carboxylic acids is 1. The molecule has 5 aromatic rings. The fourth-order valence-electron chi connectivity index (χ4n) is 5.16. The van der Waals surface area contributed by atoms with Crippen molar-refractivity contribution in [2.75, 3.05) is 18.5 Å². The number of para-hydroxylation sites is 1. The predicted molar refractivity (Wildman–Crippen MR) is 169 cm³/mol. The molecule has 0 saturated carbocycles. The third-order valence-electron chi connectivity index (χ3n) is 7.22. The van der Waals surface area contributed by atoms with Gasteiger partial charge in [0.1, 0.15) is 5.69 Å². The second kappa shape index (κ2) is 12.0. The standard InChI is InChI=1S/C34H31N3O5S/c1-4-37(25-13-6-5-7-14-25)30-29(24-12-10-11-22(2)21-24)36-34(40)32(31(30)38)43(41,42)26-19-17-23(18-20-26)27-15-8-9-16-28(27)33(39)35-3/h5-21H,4H2,1-3H3,(H,35,39)(H2,36,38,40). The summed E-state index contributed by atoms with van der Waals surface area (Å²) in [6, 6.07) is 29.5. The Bertz CT molecular complexity index is 1970. The van der Waals surface area contributed by atoms with Crippen molar-refractivity contribution in [3.05, 3.63) is 125 Å². The van der Waals surface area contributed by atoms with E-state index in [0.29, 0.717) is 40.2 Å². The van der Waals surface area contributed by atoms with Gasteiger partial charge in [0.2, 0.25) is 9.84 Å². The highest BCUT2D eigenvalue weighted by molar-refractivity contribution is 7.91. The number of benzene rings is 4. The highest BCUT2D eigenvalue weighted by Gasteiger charge is 2.32. The van der Waals surface area contributed by atoms with Crippen LogP contribution in [-0.4, -0.2) is 38.0 Å². The van der Waals surface area contributed by atoms with Gasteiger partial charge >= 0.3 is 0 Å². The Labute approximate surface area is 250 Å². The van der Waals surface area contributed by atoms with Crippen LogP contribution in [0, 0.1) is 6.92 Å². The number of carbonyl (C=O) groups is 1. The Morgan fingerprint density at radius 1 is 0.884 bits per heavy atom. The summed E-state index contributed by atoms with van der Waals surface area (Å²) in [5.74, 6) is -0.913. The third kappa shape index (κ3) is 5.54. The number of nitrogens with one attached hydrogen (secondary N) is 2. The number of H-pyrrole nitrogens is 1. The maximum atomic E-state index is 14.0. The Morgan fingerprint density at radius 2 is 1.56 bits per heavy atom. The lowest BCUT2D eigenvalue weighted by atomic mass is 9.99. The number of aromatic hydroxyl groups is 1. The van der Waals surface area contributed by atoms with Gasteiger partial charge in [-0.3, -0.25) is 9.59 Å². The molecule has 0 atom stereocenters. The second-order valence-electron chi connectivity index (χ2n) is 9.96. The molecule has 0 fully saturated rings. The van der Waals surface area contributed by atoms with Crippen LogP contribution in [0.2, 0.25) is 0 Å². The van der Waals surface area contributed by atoms with E-state index < -0.39 is 26.0 Å². The lowest BCUT2D eigenvalue weighted by Crippen LogP contribution is -2.24. The Morgan fingerprint density at radius 3 is 2.21 bits per heavy atom. The van der Waals surface area contributed by atoms with E-state index >= 15 is 0 Å². The van der Waals surface area contributed by atoms with Crippen LogP contribution in [0.3, 0.4) is 0 Å². The molecule has 3 N–H and O–H groups in total. The molecule has 0 unspecified atom stereocenters. The number of hydrogen-bond donors (Lipinski definition) is 3. The van der Waals surface area contributed by atoms with Crippen LogP contribution < -0.4 is 15.8 Å². The molecule has 9 heteroatoms. The van der Waals surface area contributed by atoms with Gasteiger partial charge < -0.3 is 20.3 Å². The number of amides is 1. The van der Waals surface area contributed by atoms with Gasteiger partial charge in [-0.2, -0.15) is 0 Å². The summed E-state index contributed by atoms with van der Waals surface area (Å²) in [5, 5.41) is 14.3. The molecule has 1 heterocycles. The van der Waals surface area contributed by atoms with Gasteiger partial charge in [-0.1, -0.05) is 72.3 Å². The minimum absolute atomic E-state index is 0.175. The lowest BCUT2D eigenvalue weighted by Gasteiger charge is -2.27. The van der Waals surface area contributed by atoms with E-state index in [-0.39, 0.29) is 16.5 Å². The summed E-state index contributed by atoms with van der Waals surface area (Å²) in [4.78, 5) is 29.5. The Balaban J connectivity index is 1.69. The number of aromatic amines is 1. The summed E-state index contributed by atoms with van der Waals surface area (Å²) >= 11 is 0. The van der Waals surface area contributed by atoms with E-state index in [1.165, 1.54) is 19.2 Å². The van der Waals surface area contributed by atoms with Crippen LogP contribution >= 0.6 is 0 Å². The summed E-state index contributed by atoms with van der Waals surface area (Å²) < 4.78 is 28.0. The molecule has 1 aromatic heterocycles.